The molecule has 0 fully saturated rings. The lowest BCUT2D eigenvalue weighted by molar-refractivity contribution is 0.768. The molecule has 0 atom stereocenters. The molecule has 2 aromatic heterocycles. The Morgan fingerprint density at radius 3 is 1.33 bits per heavy atom. The minimum absolute atomic E-state index is 0.466. The van der Waals surface area contributed by atoms with Gasteiger partial charge in [0, 0.05) is 85.8 Å². The van der Waals surface area contributed by atoms with Crippen LogP contribution >= 0.6 is 22.7 Å². The van der Waals surface area contributed by atoms with Crippen molar-refractivity contribution in [1.29, 1.82) is 0 Å². The van der Waals surface area contributed by atoms with Gasteiger partial charge in [0.2, 0.25) is 0 Å². The van der Waals surface area contributed by atoms with Crippen LogP contribution in [0.3, 0.4) is 0 Å². The highest BCUT2D eigenvalue weighted by Crippen LogP contribution is 2.58. The van der Waals surface area contributed by atoms with Crippen molar-refractivity contribution in [2.75, 3.05) is 14.7 Å². The SMILES string of the molecule is c1ccc(N(c2ccc3c(c2)sc2ccc(N(c4ccccc4)c4ccc5c(c4)-c4ccccc4C5(c4ccccc4)c4ccccc4)cc23)c2cc(N(c3ccccc3)c3ccccc3)c3c(c2)sc2ccccc23)cc1. The van der Waals surface area contributed by atoms with Crippen LogP contribution in [0, 0.1) is 0 Å². The standard InChI is InChI=1S/C73H49N3S2/c1-7-23-50(24-8-1)73(51-25-9-2-10-26-51)65-37-21-19-35-60(65)63-45-56(40-43-66(63)73)74(52-27-11-3-12-28-52)57-41-44-69-64(46-57)61-42-39-58(48-70(61)77-69)75(53-29-13-4-14-30-53)59-47-67(72-62-36-20-22-38-68(62)78-71(72)49-59)76(54-31-15-5-16-32-54)55-33-17-6-18-34-55/h1-49H. The van der Waals surface area contributed by atoms with E-state index in [-0.39, 0.29) is 0 Å². The monoisotopic (exact) mass is 1030 g/mol. The third-order valence-electron chi connectivity index (χ3n) is 15.7. The molecular weight excluding hydrogens is 983 g/mol. The third-order valence-corrected chi connectivity index (χ3v) is 17.9. The maximum absolute atomic E-state index is 2.43. The molecule has 0 saturated heterocycles. The Morgan fingerprint density at radius 2 is 0.692 bits per heavy atom. The first-order valence-corrected chi connectivity index (χ1v) is 28.2. The maximum atomic E-state index is 2.43. The van der Waals surface area contributed by atoms with Crippen LogP contribution < -0.4 is 14.7 Å². The van der Waals surface area contributed by atoms with E-state index in [0.717, 1.165) is 51.2 Å². The Kier molecular flexibility index (Phi) is 11.1. The number of nitrogens with zero attached hydrogens (tertiary/aromatic N) is 3. The van der Waals surface area contributed by atoms with Crippen LogP contribution in [-0.2, 0) is 5.41 Å². The molecule has 0 bridgehead atoms. The largest absolute Gasteiger partial charge is 0.310 e. The summed E-state index contributed by atoms with van der Waals surface area (Å²) in [5.74, 6) is 0. The van der Waals surface area contributed by atoms with Gasteiger partial charge in [-0.05, 0) is 143 Å². The Labute approximate surface area is 462 Å². The van der Waals surface area contributed by atoms with Crippen molar-refractivity contribution in [3.8, 4) is 11.1 Å². The molecule has 5 heteroatoms. The summed E-state index contributed by atoms with van der Waals surface area (Å²) in [4.78, 5) is 7.28. The fourth-order valence-corrected chi connectivity index (χ4v) is 14.6. The number of rotatable bonds is 11. The van der Waals surface area contributed by atoms with Crippen molar-refractivity contribution in [2.45, 2.75) is 5.41 Å². The van der Waals surface area contributed by atoms with Gasteiger partial charge in [-0.2, -0.15) is 0 Å². The minimum atomic E-state index is -0.466. The van der Waals surface area contributed by atoms with E-state index in [1.54, 1.807) is 0 Å². The molecule has 2 heterocycles. The first-order valence-electron chi connectivity index (χ1n) is 26.6. The number of anilines is 9. The predicted octanol–water partition coefficient (Wildman–Crippen LogP) is 21.2. The summed E-state index contributed by atoms with van der Waals surface area (Å²) in [5.41, 5.74) is 17.1. The van der Waals surface area contributed by atoms with Gasteiger partial charge >= 0.3 is 0 Å². The van der Waals surface area contributed by atoms with Crippen LogP contribution in [0.15, 0.2) is 297 Å². The normalized spacial score (nSPS) is 12.5. The van der Waals surface area contributed by atoms with Gasteiger partial charge in [-0.15, -0.1) is 22.7 Å². The molecule has 1 aliphatic rings. The summed E-state index contributed by atoms with van der Waals surface area (Å²) in [6, 6.07) is 109. The zero-order valence-electron chi connectivity index (χ0n) is 42.4. The van der Waals surface area contributed by atoms with Crippen molar-refractivity contribution >= 4 is 114 Å². The average Bonchev–Trinajstić information content (AvgIpc) is 4.24. The summed E-state index contributed by atoms with van der Waals surface area (Å²) >= 11 is 3.71. The first kappa shape index (κ1) is 45.8. The number of benzene rings is 12. The fraction of sp³-hybridized carbons (Fsp3) is 0.0137. The van der Waals surface area contributed by atoms with Gasteiger partial charge in [0.05, 0.1) is 11.1 Å². The van der Waals surface area contributed by atoms with Gasteiger partial charge in [0.25, 0.3) is 0 Å². The maximum Gasteiger partial charge on any atom is 0.0713 e. The lowest BCUT2D eigenvalue weighted by Crippen LogP contribution is -2.28. The zero-order valence-corrected chi connectivity index (χ0v) is 44.1. The molecule has 0 unspecified atom stereocenters. The van der Waals surface area contributed by atoms with Crippen molar-refractivity contribution in [3.05, 3.63) is 320 Å². The topological polar surface area (TPSA) is 9.72 Å². The number of hydrogen-bond acceptors (Lipinski definition) is 5. The Hall–Kier alpha value is -9.52. The minimum Gasteiger partial charge on any atom is -0.310 e. The van der Waals surface area contributed by atoms with Crippen LogP contribution in [0.4, 0.5) is 51.2 Å². The summed E-state index contributed by atoms with van der Waals surface area (Å²) in [6.07, 6.45) is 0. The van der Waals surface area contributed by atoms with E-state index in [9.17, 15) is 0 Å². The summed E-state index contributed by atoms with van der Waals surface area (Å²) in [7, 11) is 0. The van der Waals surface area contributed by atoms with E-state index in [2.05, 4.69) is 312 Å². The van der Waals surface area contributed by atoms with Crippen molar-refractivity contribution in [3.63, 3.8) is 0 Å². The van der Waals surface area contributed by atoms with E-state index >= 15 is 0 Å². The van der Waals surface area contributed by atoms with E-state index < -0.39 is 5.41 Å². The first-order chi connectivity index (χ1) is 38.7. The van der Waals surface area contributed by atoms with Crippen molar-refractivity contribution in [2.24, 2.45) is 0 Å². The van der Waals surface area contributed by atoms with Gasteiger partial charge in [-0.3, -0.25) is 0 Å². The molecule has 78 heavy (non-hydrogen) atoms. The second-order valence-corrected chi connectivity index (χ2v) is 22.2. The third kappa shape index (κ3) is 7.46. The second kappa shape index (κ2) is 18.9. The zero-order chi connectivity index (χ0) is 51.6. The van der Waals surface area contributed by atoms with E-state index in [1.807, 2.05) is 22.7 Å². The lowest BCUT2D eigenvalue weighted by atomic mass is 9.68. The van der Waals surface area contributed by atoms with Crippen molar-refractivity contribution in [1.82, 2.24) is 0 Å². The molecule has 0 saturated carbocycles. The quantitative estimate of drug-likeness (QED) is 0.128. The molecule has 12 aromatic carbocycles. The number of hydrogen-bond donors (Lipinski definition) is 0. The molecule has 14 aromatic rings. The molecule has 0 N–H and O–H groups in total. The van der Waals surface area contributed by atoms with Crippen LogP contribution in [0.2, 0.25) is 0 Å². The smallest absolute Gasteiger partial charge is 0.0713 e. The van der Waals surface area contributed by atoms with Crippen molar-refractivity contribution < 1.29 is 0 Å². The van der Waals surface area contributed by atoms with Crippen LogP contribution in [0.1, 0.15) is 22.3 Å². The Bertz CT molecular complexity index is 4420. The van der Waals surface area contributed by atoms with E-state index in [4.69, 9.17) is 0 Å². The molecule has 3 nitrogen and oxygen atoms in total. The number of fused-ring (bicyclic) bond motifs is 9. The highest BCUT2D eigenvalue weighted by Gasteiger charge is 2.46. The molecule has 0 radical (unpaired) electrons. The summed E-state index contributed by atoms with van der Waals surface area (Å²) in [6.45, 7) is 0. The summed E-state index contributed by atoms with van der Waals surface area (Å²) in [5, 5.41) is 4.98. The highest BCUT2D eigenvalue weighted by molar-refractivity contribution is 7.26. The molecule has 0 aliphatic heterocycles. The van der Waals surface area contributed by atoms with E-state index in [1.165, 1.54) is 73.7 Å². The molecule has 15 rings (SSSR count). The molecule has 1 aliphatic carbocycles. The van der Waals surface area contributed by atoms with Gasteiger partial charge in [0.1, 0.15) is 0 Å². The Morgan fingerprint density at radius 1 is 0.244 bits per heavy atom. The number of thiophene rings is 2. The summed E-state index contributed by atoms with van der Waals surface area (Å²) < 4.78 is 4.99. The number of para-hydroxylation sites is 4. The molecular formula is C73H49N3S2. The average molecular weight is 1030 g/mol. The van der Waals surface area contributed by atoms with Crippen LogP contribution in [0.5, 0.6) is 0 Å². The Balaban J connectivity index is 0.879. The van der Waals surface area contributed by atoms with E-state index in [0.29, 0.717) is 0 Å². The molecule has 0 spiro atoms. The van der Waals surface area contributed by atoms with Crippen LogP contribution in [0.25, 0.3) is 51.5 Å². The predicted molar refractivity (Wildman–Crippen MR) is 334 cm³/mol. The van der Waals surface area contributed by atoms with Gasteiger partial charge in [-0.25, -0.2) is 0 Å². The second-order valence-electron chi connectivity index (χ2n) is 20.0. The molecule has 368 valence electrons. The van der Waals surface area contributed by atoms with Gasteiger partial charge < -0.3 is 14.7 Å². The molecule has 0 amide bonds. The van der Waals surface area contributed by atoms with Gasteiger partial charge in [-0.1, -0.05) is 188 Å². The highest BCUT2D eigenvalue weighted by atomic mass is 32.1. The van der Waals surface area contributed by atoms with Crippen LogP contribution in [-0.4, -0.2) is 0 Å². The lowest BCUT2D eigenvalue weighted by Gasteiger charge is -2.34. The fourth-order valence-electron chi connectivity index (χ4n) is 12.4. The van der Waals surface area contributed by atoms with Gasteiger partial charge in [0.15, 0.2) is 0 Å².